The minimum Gasteiger partial charge on any atom is -0.400 e. The lowest BCUT2D eigenvalue weighted by Gasteiger charge is -2.32. The molecule has 1 fully saturated rings. The molecular weight excluding hydrogens is 302 g/mol. The Morgan fingerprint density at radius 2 is 2.00 bits per heavy atom. The van der Waals surface area contributed by atoms with Crippen LogP contribution in [0.15, 0.2) is 17.7 Å². The molecule has 2 heterocycles. The topological polar surface area (TPSA) is 75.4 Å². The first-order valence-corrected chi connectivity index (χ1v) is 7.30. The van der Waals surface area contributed by atoms with Gasteiger partial charge >= 0.3 is 7.12 Å². The molecule has 0 atom stereocenters. The molecule has 5 nitrogen and oxygen atoms in total. The summed E-state index contributed by atoms with van der Waals surface area (Å²) in [7, 11) is -0.642. The van der Waals surface area contributed by atoms with Gasteiger partial charge in [0, 0.05) is 6.20 Å². The average molecular weight is 321 g/mol. The number of nitrogens with zero attached hydrogens (tertiary/aromatic N) is 2. The Hall–Kier alpha value is -1.39. The molecule has 0 radical (unpaired) electrons. The quantitative estimate of drug-likeness (QED) is 0.684. The molecule has 0 amide bonds. The Morgan fingerprint density at radius 1 is 1.41 bits per heavy atom. The minimum atomic E-state index is -0.642. The normalized spacial score (nSPS) is 20.0. The zero-order chi connectivity index (χ0) is 16.5. The molecule has 1 aliphatic heterocycles. The van der Waals surface area contributed by atoms with E-state index in [1.807, 2.05) is 33.8 Å². The van der Waals surface area contributed by atoms with E-state index in [1.165, 1.54) is 6.20 Å². The summed E-state index contributed by atoms with van der Waals surface area (Å²) in [5.74, 6) is 0. The SMILES string of the molecule is CC1(C)OB(C(=Cc2cnc(Cl)c(C#N)c2)CO)OC1(C)C. The fourth-order valence-electron chi connectivity index (χ4n) is 2.02. The first kappa shape index (κ1) is 17.0. The summed E-state index contributed by atoms with van der Waals surface area (Å²) in [6.07, 6.45) is 3.23. The van der Waals surface area contributed by atoms with Gasteiger partial charge in [-0.3, -0.25) is 0 Å². The lowest BCUT2D eigenvalue weighted by Crippen LogP contribution is -2.41. The fourth-order valence-corrected chi connectivity index (χ4v) is 2.16. The van der Waals surface area contributed by atoms with Crippen molar-refractivity contribution in [2.45, 2.75) is 38.9 Å². The number of halogens is 1. The lowest BCUT2D eigenvalue weighted by molar-refractivity contribution is 0.00578. The Balaban J connectivity index is 2.32. The Morgan fingerprint density at radius 3 is 2.50 bits per heavy atom. The van der Waals surface area contributed by atoms with Gasteiger partial charge in [0.05, 0.1) is 23.4 Å². The predicted molar refractivity (Wildman–Crippen MR) is 85.1 cm³/mol. The minimum absolute atomic E-state index is 0.154. The number of rotatable bonds is 3. The largest absolute Gasteiger partial charge is 0.492 e. The van der Waals surface area contributed by atoms with Crippen molar-refractivity contribution in [3.8, 4) is 6.07 Å². The molecule has 1 aromatic heterocycles. The van der Waals surface area contributed by atoms with Crippen molar-refractivity contribution in [3.63, 3.8) is 0 Å². The van der Waals surface area contributed by atoms with Crippen LogP contribution in [0.25, 0.3) is 6.08 Å². The van der Waals surface area contributed by atoms with E-state index in [1.54, 1.807) is 12.1 Å². The summed E-state index contributed by atoms with van der Waals surface area (Å²) in [6.45, 7) is 7.56. The third kappa shape index (κ3) is 3.18. The number of nitriles is 1. The van der Waals surface area contributed by atoms with Crippen LogP contribution in [0.5, 0.6) is 0 Å². The predicted octanol–water partition coefficient (Wildman–Crippen LogP) is 2.61. The van der Waals surface area contributed by atoms with E-state index in [-0.39, 0.29) is 17.3 Å². The maximum atomic E-state index is 9.63. The Bertz CT molecular complexity index is 637. The van der Waals surface area contributed by atoms with Crippen LogP contribution in [0, 0.1) is 11.3 Å². The van der Waals surface area contributed by atoms with Crippen molar-refractivity contribution in [1.29, 1.82) is 5.26 Å². The van der Waals surface area contributed by atoms with Crippen molar-refractivity contribution in [2.75, 3.05) is 6.61 Å². The van der Waals surface area contributed by atoms with Crippen molar-refractivity contribution in [3.05, 3.63) is 34.0 Å². The van der Waals surface area contributed by atoms with Crippen molar-refractivity contribution in [2.24, 2.45) is 0 Å². The maximum absolute atomic E-state index is 9.63. The zero-order valence-corrected chi connectivity index (χ0v) is 13.8. The third-order valence-electron chi connectivity index (χ3n) is 4.07. The van der Waals surface area contributed by atoms with Gasteiger partial charge in [-0.15, -0.1) is 0 Å². The fraction of sp³-hybridized carbons (Fsp3) is 0.467. The van der Waals surface area contributed by atoms with E-state index >= 15 is 0 Å². The lowest BCUT2D eigenvalue weighted by atomic mass is 9.77. The van der Waals surface area contributed by atoms with Gasteiger partial charge in [0.15, 0.2) is 0 Å². The summed E-state index contributed by atoms with van der Waals surface area (Å²) in [4.78, 5) is 3.96. The van der Waals surface area contributed by atoms with Gasteiger partial charge in [0.1, 0.15) is 11.2 Å². The molecule has 7 heteroatoms. The molecule has 0 spiro atoms. The number of aromatic nitrogens is 1. The van der Waals surface area contributed by atoms with E-state index in [0.29, 0.717) is 11.0 Å². The second-order valence-electron chi connectivity index (χ2n) is 6.18. The van der Waals surface area contributed by atoms with E-state index < -0.39 is 18.3 Å². The summed E-state index contributed by atoms with van der Waals surface area (Å²) < 4.78 is 11.8. The number of pyridine rings is 1. The molecule has 0 aromatic carbocycles. The Labute approximate surface area is 135 Å². The molecule has 0 aliphatic carbocycles. The van der Waals surface area contributed by atoms with Crippen molar-refractivity contribution in [1.82, 2.24) is 4.98 Å². The molecule has 0 bridgehead atoms. The standard InChI is InChI=1S/C15H18BClN2O3/c1-14(2)15(3,4)22-16(21-14)12(9-20)6-10-5-11(7-18)13(17)19-8-10/h5-6,8,20H,9H2,1-4H3. The van der Waals surface area contributed by atoms with E-state index in [2.05, 4.69) is 4.98 Å². The molecule has 0 unspecified atom stereocenters. The van der Waals surface area contributed by atoms with Gasteiger partial charge in [-0.2, -0.15) is 5.26 Å². The second kappa shape index (κ2) is 6.02. The first-order chi connectivity index (χ1) is 10.2. The first-order valence-electron chi connectivity index (χ1n) is 6.93. The van der Waals surface area contributed by atoms with Crippen molar-refractivity contribution < 1.29 is 14.4 Å². The highest BCUT2D eigenvalue weighted by Crippen LogP contribution is 2.38. The highest BCUT2D eigenvalue weighted by atomic mass is 35.5. The van der Waals surface area contributed by atoms with Crippen LogP contribution in [0.1, 0.15) is 38.8 Å². The summed E-state index contributed by atoms with van der Waals surface area (Å²) in [5.41, 5.74) is 0.525. The van der Waals surface area contributed by atoms with E-state index in [4.69, 9.17) is 26.2 Å². The number of hydrogen-bond donors (Lipinski definition) is 1. The Kier molecular flexibility index (Phi) is 4.64. The van der Waals surface area contributed by atoms with Gasteiger partial charge in [-0.05, 0) is 44.8 Å². The third-order valence-corrected chi connectivity index (χ3v) is 4.37. The van der Waals surface area contributed by atoms with Crippen LogP contribution in [0.4, 0.5) is 0 Å². The monoisotopic (exact) mass is 320 g/mol. The number of aliphatic hydroxyl groups excluding tert-OH is 1. The maximum Gasteiger partial charge on any atom is 0.492 e. The molecule has 1 N–H and O–H groups in total. The van der Waals surface area contributed by atoms with Crippen LogP contribution >= 0.6 is 11.6 Å². The van der Waals surface area contributed by atoms with Crippen LogP contribution in [-0.2, 0) is 9.31 Å². The molecule has 1 saturated heterocycles. The molecule has 22 heavy (non-hydrogen) atoms. The smallest absolute Gasteiger partial charge is 0.400 e. The summed E-state index contributed by atoms with van der Waals surface area (Å²) in [5, 5.41) is 18.8. The number of aliphatic hydroxyl groups is 1. The van der Waals surface area contributed by atoms with E-state index in [0.717, 1.165) is 0 Å². The highest BCUT2D eigenvalue weighted by molar-refractivity contribution is 6.55. The van der Waals surface area contributed by atoms with Crippen LogP contribution in [0.2, 0.25) is 5.15 Å². The summed E-state index contributed by atoms with van der Waals surface area (Å²) >= 11 is 5.82. The van der Waals surface area contributed by atoms with E-state index in [9.17, 15) is 5.11 Å². The number of hydrogen-bond acceptors (Lipinski definition) is 5. The summed E-state index contributed by atoms with van der Waals surface area (Å²) in [6, 6.07) is 3.58. The van der Waals surface area contributed by atoms with Crippen LogP contribution < -0.4 is 0 Å². The highest BCUT2D eigenvalue weighted by Gasteiger charge is 2.52. The second-order valence-corrected chi connectivity index (χ2v) is 6.54. The molecular formula is C15H18BClN2O3. The average Bonchev–Trinajstić information content (AvgIpc) is 2.66. The molecule has 0 saturated carbocycles. The van der Waals surface area contributed by atoms with Gasteiger partial charge in [-0.25, -0.2) is 4.98 Å². The van der Waals surface area contributed by atoms with Crippen LogP contribution in [0.3, 0.4) is 0 Å². The molecule has 1 aromatic rings. The van der Waals surface area contributed by atoms with Crippen molar-refractivity contribution >= 4 is 24.8 Å². The van der Waals surface area contributed by atoms with Gasteiger partial charge < -0.3 is 14.4 Å². The van der Waals surface area contributed by atoms with Gasteiger partial charge in [0.2, 0.25) is 0 Å². The molecule has 1 aliphatic rings. The zero-order valence-electron chi connectivity index (χ0n) is 13.1. The molecule has 116 valence electrons. The van der Waals surface area contributed by atoms with Gasteiger partial charge in [0.25, 0.3) is 0 Å². The van der Waals surface area contributed by atoms with Crippen LogP contribution in [-0.4, -0.2) is 35.0 Å². The van der Waals surface area contributed by atoms with Gasteiger partial charge in [-0.1, -0.05) is 17.7 Å². The molecule has 2 rings (SSSR count).